The van der Waals surface area contributed by atoms with Gasteiger partial charge in [-0.25, -0.2) is 0 Å². The smallest absolute Gasteiger partial charge is 0.0620 e. The summed E-state index contributed by atoms with van der Waals surface area (Å²) in [5.41, 5.74) is 8.72. The molecule has 0 saturated carbocycles. The molecule has 2 atom stereocenters. The Balaban J connectivity index is 2.23. The van der Waals surface area contributed by atoms with Gasteiger partial charge in [-0.15, -0.1) is 0 Å². The standard InChI is InChI=1S/C17H28N2O/c1-13(2)16-11-17(12-18,9-10-20-16)19(4)15-7-5-14(3)6-8-15/h5-8,13,16H,9-12,18H2,1-4H3. The van der Waals surface area contributed by atoms with Gasteiger partial charge in [0.2, 0.25) is 0 Å². The Kier molecular flexibility index (Phi) is 4.71. The molecule has 1 heterocycles. The first kappa shape index (κ1) is 15.3. The number of aryl methyl sites for hydroxylation is 1. The van der Waals surface area contributed by atoms with Crippen molar-refractivity contribution >= 4 is 5.69 Å². The Labute approximate surface area is 123 Å². The fourth-order valence-electron chi connectivity index (χ4n) is 3.03. The normalized spacial score (nSPS) is 26.8. The van der Waals surface area contributed by atoms with E-state index in [1.807, 2.05) is 0 Å². The number of nitrogens with two attached hydrogens (primary N) is 1. The van der Waals surface area contributed by atoms with Crippen LogP contribution in [0.1, 0.15) is 32.3 Å². The van der Waals surface area contributed by atoms with Crippen molar-refractivity contribution in [3.8, 4) is 0 Å². The lowest BCUT2D eigenvalue weighted by atomic mass is 9.81. The monoisotopic (exact) mass is 276 g/mol. The molecule has 0 spiro atoms. The SMILES string of the molecule is Cc1ccc(N(C)C2(CN)CCOC(C(C)C)C2)cc1. The van der Waals surface area contributed by atoms with Gasteiger partial charge in [0.25, 0.3) is 0 Å². The summed E-state index contributed by atoms with van der Waals surface area (Å²) in [6, 6.07) is 8.70. The van der Waals surface area contributed by atoms with Gasteiger partial charge in [0.05, 0.1) is 11.6 Å². The highest BCUT2D eigenvalue weighted by Gasteiger charge is 2.40. The lowest BCUT2D eigenvalue weighted by molar-refractivity contribution is -0.0412. The van der Waals surface area contributed by atoms with Crippen molar-refractivity contribution < 1.29 is 4.74 Å². The van der Waals surface area contributed by atoms with Crippen LogP contribution >= 0.6 is 0 Å². The number of likely N-dealkylation sites (N-methyl/N-ethyl adjacent to an activating group) is 1. The number of hydrogen-bond acceptors (Lipinski definition) is 3. The number of nitrogens with zero attached hydrogens (tertiary/aromatic N) is 1. The maximum Gasteiger partial charge on any atom is 0.0620 e. The lowest BCUT2D eigenvalue weighted by Crippen LogP contribution is -2.58. The van der Waals surface area contributed by atoms with Gasteiger partial charge in [-0.05, 0) is 37.8 Å². The van der Waals surface area contributed by atoms with Crippen molar-refractivity contribution in [2.75, 3.05) is 25.1 Å². The topological polar surface area (TPSA) is 38.5 Å². The molecular weight excluding hydrogens is 248 g/mol. The van der Waals surface area contributed by atoms with E-state index in [2.05, 4.69) is 57.0 Å². The molecule has 1 aromatic rings. The van der Waals surface area contributed by atoms with Gasteiger partial charge in [-0.3, -0.25) is 0 Å². The highest BCUT2D eigenvalue weighted by molar-refractivity contribution is 5.49. The minimum atomic E-state index is 0.0163. The van der Waals surface area contributed by atoms with Crippen LogP contribution in [0.15, 0.2) is 24.3 Å². The second kappa shape index (κ2) is 6.15. The van der Waals surface area contributed by atoms with Crippen LogP contribution in [0.5, 0.6) is 0 Å². The van der Waals surface area contributed by atoms with Gasteiger partial charge >= 0.3 is 0 Å². The first-order chi connectivity index (χ1) is 9.48. The van der Waals surface area contributed by atoms with Gasteiger partial charge in [0.15, 0.2) is 0 Å². The third-order valence-electron chi connectivity index (χ3n) is 4.74. The molecule has 1 fully saturated rings. The Morgan fingerprint density at radius 1 is 1.35 bits per heavy atom. The summed E-state index contributed by atoms with van der Waals surface area (Å²) in [7, 11) is 2.17. The summed E-state index contributed by atoms with van der Waals surface area (Å²) < 4.78 is 5.92. The molecular formula is C17H28N2O. The molecule has 1 aromatic carbocycles. The van der Waals surface area contributed by atoms with E-state index >= 15 is 0 Å². The number of anilines is 1. The fourth-order valence-corrected chi connectivity index (χ4v) is 3.03. The van der Waals surface area contributed by atoms with Crippen LogP contribution in [0.2, 0.25) is 0 Å². The zero-order valence-electron chi connectivity index (χ0n) is 13.2. The lowest BCUT2D eigenvalue weighted by Gasteiger charge is -2.48. The van der Waals surface area contributed by atoms with E-state index in [1.165, 1.54) is 11.3 Å². The average Bonchev–Trinajstić information content (AvgIpc) is 2.47. The van der Waals surface area contributed by atoms with Crippen molar-refractivity contribution in [2.24, 2.45) is 11.7 Å². The minimum Gasteiger partial charge on any atom is -0.378 e. The number of hydrogen-bond donors (Lipinski definition) is 1. The summed E-state index contributed by atoms with van der Waals surface area (Å²) in [6.45, 7) is 8.04. The summed E-state index contributed by atoms with van der Waals surface area (Å²) in [5.74, 6) is 0.535. The van der Waals surface area contributed by atoms with E-state index in [0.717, 1.165) is 19.4 Å². The maximum absolute atomic E-state index is 6.17. The fraction of sp³-hybridized carbons (Fsp3) is 0.647. The third-order valence-corrected chi connectivity index (χ3v) is 4.74. The van der Waals surface area contributed by atoms with Crippen LogP contribution in [0.3, 0.4) is 0 Å². The predicted octanol–water partition coefficient (Wildman–Crippen LogP) is 2.96. The molecule has 0 bridgehead atoms. The number of rotatable bonds is 4. The van der Waals surface area contributed by atoms with Crippen molar-refractivity contribution in [1.82, 2.24) is 0 Å². The molecule has 20 heavy (non-hydrogen) atoms. The first-order valence-electron chi connectivity index (χ1n) is 7.61. The van der Waals surface area contributed by atoms with Gasteiger partial charge in [-0.1, -0.05) is 31.5 Å². The van der Waals surface area contributed by atoms with Gasteiger partial charge in [0, 0.05) is 25.9 Å². The van der Waals surface area contributed by atoms with Crippen LogP contribution in [-0.4, -0.2) is 31.8 Å². The van der Waals surface area contributed by atoms with E-state index in [1.54, 1.807) is 0 Å². The zero-order valence-corrected chi connectivity index (χ0v) is 13.2. The van der Waals surface area contributed by atoms with Crippen LogP contribution in [0.25, 0.3) is 0 Å². The molecule has 3 nitrogen and oxygen atoms in total. The third kappa shape index (κ3) is 2.99. The molecule has 0 aromatic heterocycles. The summed E-state index contributed by atoms with van der Waals surface area (Å²) in [6.07, 6.45) is 2.31. The van der Waals surface area contributed by atoms with Crippen LogP contribution in [0, 0.1) is 12.8 Å². The summed E-state index contributed by atoms with van der Waals surface area (Å²) in [5, 5.41) is 0. The maximum atomic E-state index is 6.17. The Hall–Kier alpha value is -1.06. The Morgan fingerprint density at radius 2 is 2.00 bits per heavy atom. The molecule has 1 aliphatic heterocycles. The average molecular weight is 276 g/mol. The number of benzene rings is 1. The van der Waals surface area contributed by atoms with E-state index < -0.39 is 0 Å². The quantitative estimate of drug-likeness (QED) is 0.919. The van der Waals surface area contributed by atoms with E-state index in [9.17, 15) is 0 Å². The van der Waals surface area contributed by atoms with E-state index in [4.69, 9.17) is 10.5 Å². The van der Waals surface area contributed by atoms with E-state index in [0.29, 0.717) is 18.6 Å². The molecule has 0 amide bonds. The van der Waals surface area contributed by atoms with Gasteiger partial charge in [-0.2, -0.15) is 0 Å². The molecule has 1 saturated heterocycles. The molecule has 2 N–H and O–H groups in total. The Morgan fingerprint density at radius 3 is 2.55 bits per heavy atom. The molecule has 2 rings (SSSR count). The minimum absolute atomic E-state index is 0.0163. The zero-order chi connectivity index (χ0) is 14.8. The van der Waals surface area contributed by atoms with Crippen LogP contribution < -0.4 is 10.6 Å². The molecule has 112 valence electrons. The highest BCUT2D eigenvalue weighted by Crippen LogP contribution is 2.35. The molecule has 3 heteroatoms. The molecule has 1 aliphatic rings. The van der Waals surface area contributed by atoms with Crippen molar-refractivity contribution in [1.29, 1.82) is 0 Å². The molecule has 0 radical (unpaired) electrons. The van der Waals surface area contributed by atoms with Crippen LogP contribution in [-0.2, 0) is 4.74 Å². The van der Waals surface area contributed by atoms with Crippen molar-refractivity contribution in [3.63, 3.8) is 0 Å². The van der Waals surface area contributed by atoms with Gasteiger partial charge < -0.3 is 15.4 Å². The Bertz CT molecular complexity index is 429. The summed E-state index contributed by atoms with van der Waals surface area (Å²) >= 11 is 0. The molecule has 2 unspecified atom stereocenters. The predicted molar refractivity (Wildman–Crippen MR) is 85.2 cm³/mol. The van der Waals surface area contributed by atoms with Gasteiger partial charge in [0.1, 0.15) is 0 Å². The second-order valence-electron chi connectivity index (χ2n) is 6.43. The largest absolute Gasteiger partial charge is 0.378 e. The van der Waals surface area contributed by atoms with Crippen LogP contribution in [0.4, 0.5) is 5.69 Å². The molecule has 0 aliphatic carbocycles. The number of ether oxygens (including phenoxy) is 1. The second-order valence-corrected chi connectivity index (χ2v) is 6.43. The summed E-state index contributed by atoms with van der Waals surface area (Å²) in [4.78, 5) is 2.37. The van der Waals surface area contributed by atoms with E-state index in [-0.39, 0.29) is 5.54 Å². The first-order valence-corrected chi connectivity index (χ1v) is 7.61. The van der Waals surface area contributed by atoms with Crippen molar-refractivity contribution in [3.05, 3.63) is 29.8 Å². The van der Waals surface area contributed by atoms with Crippen molar-refractivity contribution in [2.45, 2.75) is 45.3 Å². The highest BCUT2D eigenvalue weighted by atomic mass is 16.5.